The highest BCUT2D eigenvalue weighted by molar-refractivity contribution is 6.39. The van der Waals surface area contributed by atoms with Crippen molar-refractivity contribution in [3.63, 3.8) is 0 Å². The average Bonchev–Trinajstić information content (AvgIpc) is 2.38. The summed E-state index contributed by atoms with van der Waals surface area (Å²) in [7, 11) is 3.24. The van der Waals surface area contributed by atoms with Crippen LogP contribution in [0.5, 0.6) is 0 Å². The van der Waals surface area contributed by atoms with E-state index in [-0.39, 0.29) is 21.6 Å². The molecule has 0 saturated heterocycles. The zero-order valence-corrected chi connectivity index (χ0v) is 15.0. The lowest BCUT2D eigenvalue weighted by Gasteiger charge is -2.23. The summed E-state index contributed by atoms with van der Waals surface area (Å²) < 4.78 is 0. The first-order valence-electron chi connectivity index (χ1n) is 6.91. The average molecular weight is 348 g/mol. The van der Waals surface area contributed by atoms with Crippen molar-refractivity contribution in [2.75, 3.05) is 26.0 Å². The topological polar surface area (TPSA) is 64.6 Å². The molecule has 1 atom stereocenters. The highest BCUT2D eigenvalue weighted by atomic mass is 35.5. The lowest BCUT2D eigenvalue weighted by atomic mass is 10.1. The van der Waals surface area contributed by atoms with Gasteiger partial charge in [0.05, 0.1) is 21.8 Å². The Bertz CT molecular complexity index is 519. The molecule has 0 radical (unpaired) electrons. The number of β-amino-alcohol motifs (C(OH)–C–C–N with tert-alkyl or cyclic N) is 1. The minimum Gasteiger partial charge on any atom is -0.387 e. The van der Waals surface area contributed by atoms with Crippen molar-refractivity contribution in [2.45, 2.75) is 32.4 Å². The molecule has 1 aromatic carbocycles. The van der Waals surface area contributed by atoms with E-state index in [1.165, 1.54) is 4.90 Å². The monoisotopic (exact) mass is 347 g/mol. The number of halogens is 2. The van der Waals surface area contributed by atoms with Gasteiger partial charge in [0.2, 0.25) is 0 Å². The first kappa shape index (κ1) is 19.0. The lowest BCUT2D eigenvalue weighted by Crippen LogP contribution is -2.38. The highest BCUT2D eigenvalue weighted by Gasteiger charge is 2.18. The van der Waals surface area contributed by atoms with Gasteiger partial charge >= 0.3 is 6.03 Å². The van der Waals surface area contributed by atoms with Crippen LogP contribution in [0.2, 0.25) is 10.0 Å². The zero-order valence-electron chi connectivity index (χ0n) is 13.5. The van der Waals surface area contributed by atoms with Gasteiger partial charge in [-0.15, -0.1) is 0 Å². The fourth-order valence-electron chi connectivity index (χ4n) is 1.64. The smallest absolute Gasteiger partial charge is 0.321 e. The van der Waals surface area contributed by atoms with E-state index in [9.17, 15) is 9.90 Å². The molecule has 0 aliphatic carbocycles. The fourth-order valence-corrected chi connectivity index (χ4v) is 2.24. The van der Waals surface area contributed by atoms with E-state index in [1.807, 2.05) is 20.8 Å². The van der Waals surface area contributed by atoms with Crippen molar-refractivity contribution >= 4 is 34.9 Å². The molecule has 2 amide bonds. The van der Waals surface area contributed by atoms with Crippen LogP contribution in [0.15, 0.2) is 12.1 Å². The van der Waals surface area contributed by atoms with Gasteiger partial charge in [0.25, 0.3) is 0 Å². The van der Waals surface area contributed by atoms with Gasteiger partial charge in [-0.3, -0.25) is 0 Å². The second kappa shape index (κ2) is 7.51. The molecule has 124 valence electrons. The van der Waals surface area contributed by atoms with Crippen LogP contribution in [0, 0.1) is 0 Å². The molecule has 0 bridgehead atoms. The summed E-state index contributed by atoms with van der Waals surface area (Å²) in [5.41, 5.74) is 0.824. The summed E-state index contributed by atoms with van der Waals surface area (Å²) in [6, 6.07) is 2.88. The number of rotatable bonds is 4. The minimum atomic E-state index is -0.743. The Morgan fingerprint density at radius 1 is 1.27 bits per heavy atom. The van der Waals surface area contributed by atoms with Gasteiger partial charge in [0.15, 0.2) is 0 Å². The largest absolute Gasteiger partial charge is 0.387 e. The third kappa shape index (κ3) is 5.65. The number of urea groups is 1. The molecule has 7 heteroatoms. The number of carbonyl (C=O) groups excluding carboxylic acids is 1. The van der Waals surface area contributed by atoms with Gasteiger partial charge in [0.1, 0.15) is 0 Å². The fraction of sp³-hybridized carbons (Fsp3) is 0.533. The van der Waals surface area contributed by atoms with Crippen molar-refractivity contribution in [3.8, 4) is 0 Å². The molecule has 3 N–H and O–H groups in total. The highest BCUT2D eigenvalue weighted by Crippen LogP contribution is 2.34. The van der Waals surface area contributed by atoms with Crippen LogP contribution in [-0.2, 0) is 0 Å². The van der Waals surface area contributed by atoms with Gasteiger partial charge in [-0.25, -0.2) is 4.79 Å². The molecular weight excluding hydrogens is 325 g/mol. The van der Waals surface area contributed by atoms with Crippen LogP contribution in [0.4, 0.5) is 10.5 Å². The maximum Gasteiger partial charge on any atom is 0.321 e. The molecule has 0 aliphatic rings. The lowest BCUT2D eigenvalue weighted by molar-refractivity contribution is 0.163. The third-order valence-corrected chi connectivity index (χ3v) is 3.51. The molecule has 1 aromatic rings. The van der Waals surface area contributed by atoms with Crippen LogP contribution >= 0.6 is 23.2 Å². The van der Waals surface area contributed by atoms with Gasteiger partial charge in [-0.1, -0.05) is 23.2 Å². The maximum absolute atomic E-state index is 11.7. The second-order valence-corrected chi connectivity index (χ2v) is 7.15. The molecule has 1 rings (SSSR count). The van der Waals surface area contributed by atoms with E-state index in [0.29, 0.717) is 17.8 Å². The van der Waals surface area contributed by atoms with Gasteiger partial charge in [-0.2, -0.15) is 0 Å². The number of aliphatic hydroxyl groups is 1. The maximum atomic E-state index is 11.7. The van der Waals surface area contributed by atoms with E-state index in [2.05, 4.69) is 10.6 Å². The van der Waals surface area contributed by atoms with Crippen LogP contribution in [0.1, 0.15) is 32.4 Å². The second-order valence-electron chi connectivity index (χ2n) is 6.33. The number of hydrogen-bond acceptors (Lipinski definition) is 3. The van der Waals surface area contributed by atoms with E-state index >= 15 is 0 Å². The number of nitrogens with zero attached hydrogens (tertiary/aromatic N) is 1. The predicted octanol–water partition coefficient (Wildman–Crippen LogP) is 3.51. The first-order valence-corrected chi connectivity index (χ1v) is 7.67. The summed E-state index contributed by atoms with van der Waals surface area (Å²) in [6.07, 6.45) is -0.743. The van der Waals surface area contributed by atoms with E-state index in [4.69, 9.17) is 23.2 Å². The van der Waals surface area contributed by atoms with Gasteiger partial charge in [0, 0.05) is 26.2 Å². The minimum absolute atomic E-state index is 0.103. The van der Waals surface area contributed by atoms with E-state index in [0.717, 1.165) is 0 Å². The Kier molecular flexibility index (Phi) is 6.50. The first-order chi connectivity index (χ1) is 10.0. The molecular formula is C15H23Cl2N3O2. The summed E-state index contributed by atoms with van der Waals surface area (Å²) in [4.78, 5) is 13.1. The normalized spacial score (nSPS) is 12.9. The van der Waals surface area contributed by atoms with Crippen LogP contribution < -0.4 is 10.6 Å². The number of benzene rings is 1. The predicted molar refractivity (Wildman–Crippen MR) is 91.9 cm³/mol. The van der Waals surface area contributed by atoms with Crippen LogP contribution in [0.3, 0.4) is 0 Å². The van der Waals surface area contributed by atoms with Crippen LogP contribution in [0.25, 0.3) is 0 Å². The summed E-state index contributed by atoms with van der Waals surface area (Å²) in [5.74, 6) is 0. The molecule has 0 spiro atoms. The van der Waals surface area contributed by atoms with Crippen LogP contribution in [-0.4, -0.2) is 42.2 Å². The zero-order chi connectivity index (χ0) is 17.1. The van der Waals surface area contributed by atoms with Gasteiger partial charge < -0.3 is 20.6 Å². The Balaban J connectivity index is 2.91. The van der Waals surface area contributed by atoms with Crippen molar-refractivity contribution in [3.05, 3.63) is 27.7 Å². The van der Waals surface area contributed by atoms with E-state index in [1.54, 1.807) is 26.2 Å². The quantitative estimate of drug-likeness (QED) is 0.780. The SMILES string of the molecule is CN(C)C(=O)Nc1c(Cl)cc(C(O)CNC(C)(C)C)cc1Cl. The molecule has 0 aliphatic heterocycles. The molecule has 5 nitrogen and oxygen atoms in total. The molecule has 22 heavy (non-hydrogen) atoms. The van der Waals surface area contributed by atoms with Crippen molar-refractivity contribution < 1.29 is 9.90 Å². The number of nitrogens with one attached hydrogen (secondary N) is 2. The third-order valence-electron chi connectivity index (χ3n) is 2.91. The molecule has 0 aromatic heterocycles. The Hall–Kier alpha value is -1.01. The number of carbonyl (C=O) groups is 1. The van der Waals surface area contributed by atoms with E-state index < -0.39 is 6.10 Å². The number of aliphatic hydroxyl groups excluding tert-OH is 1. The van der Waals surface area contributed by atoms with Gasteiger partial charge in [-0.05, 0) is 38.5 Å². The molecule has 0 fully saturated rings. The van der Waals surface area contributed by atoms with Crippen molar-refractivity contribution in [1.29, 1.82) is 0 Å². The molecule has 0 heterocycles. The molecule has 0 saturated carbocycles. The Labute approximate surface area is 141 Å². The number of anilines is 1. The summed E-state index contributed by atoms with van der Waals surface area (Å²) in [6.45, 7) is 6.41. The molecule has 1 unspecified atom stereocenters. The Morgan fingerprint density at radius 2 is 1.77 bits per heavy atom. The standard InChI is InChI=1S/C15H23Cl2N3O2/c1-15(2,3)18-8-12(21)9-6-10(16)13(11(17)7-9)19-14(22)20(4)5/h6-7,12,18,21H,8H2,1-5H3,(H,19,22). The van der Waals surface area contributed by atoms with Crippen molar-refractivity contribution in [1.82, 2.24) is 10.2 Å². The summed E-state index contributed by atoms with van der Waals surface area (Å²) >= 11 is 12.3. The summed E-state index contributed by atoms with van der Waals surface area (Å²) in [5, 5.41) is 16.6. The number of hydrogen-bond donors (Lipinski definition) is 3. The number of amides is 2. The van der Waals surface area contributed by atoms with Crippen molar-refractivity contribution in [2.24, 2.45) is 0 Å². The Morgan fingerprint density at radius 3 is 2.18 bits per heavy atom.